The minimum atomic E-state index is -4.37. The second kappa shape index (κ2) is 11.7. The molecule has 0 aliphatic carbocycles. The topological polar surface area (TPSA) is 54.2 Å². The monoisotopic (exact) mass is 519 g/mol. The van der Waals surface area contributed by atoms with Gasteiger partial charge in [-0.2, -0.15) is 18.3 Å². The van der Waals surface area contributed by atoms with Crippen LogP contribution in [0.4, 0.5) is 13.2 Å². The van der Waals surface area contributed by atoms with Crippen LogP contribution in [0, 0.1) is 25.7 Å². The number of aromatic nitrogens is 2. The first-order valence-corrected chi connectivity index (χ1v) is 8.91. The summed E-state index contributed by atoms with van der Waals surface area (Å²) in [6.45, 7) is 5.77. The molecule has 1 heterocycles. The summed E-state index contributed by atoms with van der Waals surface area (Å²) in [5.41, 5.74) is 1.75. The number of nitrogens with zero attached hydrogens (tertiary/aromatic N) is 3. The largest absolute Gasteiger partial charge is 0.416 e. The van der Waals surface area contributed by atoms with Gasteiger partial charge in [0.2, 0.25) is 0 Å². The number of nitrogens with one attached hydrogen (secondary N) is 2. The molecule has 2 N–H and O–H groups in total. The smallest absolute Gasteiger partial charge is 0.356 e. The Morgan fingerprint density at radius 2 is 1.97 bits per heavy atom. The molecule has 158 valence electrons. The van der Waals surface area contributed by atoms with Gasteiger partial charge in [-0.1, -0.05) is 17.9 Å². The second-order valence-corrected chi connectivity index (χ2v) is 6.24. The standard InChI is InChI=1S/C20H24F3N5.HI/c1-15-13-16(2)28(27-15)12-6-11-26-19(24-3)25-10-5-8-17-7-4-9-18(14-17)20(21,22)23;/h4,7,9,13-14H,6,10-12H2,1-3H3,(H2,24,25,26);1H. The highest BCUT2D eigenvalue weighted by atomic mass is 127. The molecule has 29 heavy (non-hydrogen) atoms. The summed E-state index contributed by atoms with van der Waals surface area (Å²) in [5, 5.41) is 10.6. The Bertz CT molecular complexity index is 878. The molecule has 0 aliphatic rings. The summed E-state index contributed by atoms with van der Waals surface area (Å²) in [6.07, 6.45) is -3.49. The van der Waals surface area contributed by atoms with Crippen molar-refractivity contribution in [2.75, 3.05) is 20.1 Å². The Hall–Kier alpha value is -2.22. The predicted octanol–water partition coefficient (Wildman–Crippen LogP) is 3.74. The minimum Gasteiger partial charge on any atom is -0.356 e. The van der Waals surface area contributed by atoms with Crippen LogP contribution in [-0.2, 0) is 12.7 Å². The third kappa shape index (κ3) is 8.35. The molecule has 0 radical (unpaired) electrons. The molecule has 1 aromatic heterocycles. The van der Waals surface area contributed by atoms with Crippen LogP contribution in [-0.4, -0.2) is 35.9 Å². The van der Waals surface area contributed by atoms with Crippen molar-refractivity contribution < 1.29 is 13.2 Å². The lowest BCUT2D eigenvalue weighted by Crippen LogP contribution is -2.38. The van der Waals surface area contributed by atoms with E-state index in [1.54, 1.807) is 13.1 Å². The third-order valence-corrected chi connectivity index (χ3v) is 3.93. The number of hydrogen-bond donors (Lipinski definition) is 2. The summed E-state index contributed by atoms with van der Waals surface area (Å²) >= 11 is 0. The van der Waals surface area contributed by atoms with Crippen molar-refractivity contribution in [1.29, 1.82) is 0 Å². The molecule has 5 nitrogen and oxygen atoms in total. The Kier molecular flexibility index (Phi) is 10.0. The first-order valence-electron chi connectivity index (χ1n) is 8.91. The molecule has 1 aromatic carbocycles. The molecule has 0 saturated carbocycles. The number of halogens is 4. The van der Waals surface area contributed by atoms with E-state index in [9.17, 15) is 13.2 Å². The molecule has 0 bridgehead atoms. The van der Waals surface area contributed by atoms with Crippen LogP contribution in [0.5, 0.6) is 0 Å². The summed E-state index contributed by atoms with van der Waals surface area (Å²) in [7, 11) is 1.65. The summed E-state index contributed by atoms with van der Waals surface area (Å²) < 4.78 is 40.1. The summed E-state index contributed by atoms with van der Waals surface area (Å²) in [5.74, 6) is 6.12. The first-order chi connectivity index (χ1) is 13.3. The van der Waals surface area contributed by atoms with E-state index >= 15 is 0 Å². The van der Waals surface area contributed by atoms with Crippen LogP contribution in [0.25, 0.3) is 0 Å². The maximum absolute atomic E-state index is 12.7. The average molecular weight is 519 g/mol. The van der Waals surface area contributed by atoms with Gasteiger partial charge < -0.3 is 10.6 Å². The van der Waals surface area contributed by atoms with Gasteiger partial charge in [0, 0.05) is 31.4 Å². The van der Waals surface area contributed by atoms with Gasteiger partial charge in [0.25, 0.3) is 0 Å². The van der Waals surface area contributed by atoms with Crippen LogP contribution >= 0.6 is 24.0 Å². The molecule has 0 amide bonds. The Labute approximate surface area is 186 Å². The van der Waals surface area contributed by atoms with Crippen LogP contribution in [0.3, 0.4) is 0 Å². The van der Waals surface area contributed by atoms with Gasteiger partial charge in [-0.25, -0.2) is 0 Å². The lowest BCUT2D eigenvalue weighted by molar-refractivity contribution is -0.137. The summed E-state index contributed by atoms with van der Waals surface area (Å²) in [6, 6.07) is 7.01. The van der Waals surface area contributed by atoms with E-state index in [1.165, 1.54) is 6.07 Å². The van der Waals surface area contributed by atoms with Gasteiger partial charge in [0.1, 0.15) is 0 Å². The van der Waals surface area contributed by atoms with Crippen molar-refractivity contribution >= 4 is 29.9 Å². The van der Waals surface area contributed by atoms with Crippen molar-refractivity contribution in [2.24, 2.45) is 4.99 Å². The number of benzene rings is 1. The third-order valence-electron chi connectivity index (χ3n) is 3.93. The van der Waals surface area contributed by atoms with E-state index in [2.05, 4.69) is 32.6 Å². The Morgan fingerprint density at radius 3 is 2.59 bits per heavy atom. The van der Waals surface area contributed by atoms with E-state index in [4.69, 9.17) is 0 Å². The van der Waals surface area contributed by atoms with Gasteiger partial charge in [-0.15, -0.1) is 24.0 Å². The van der Waals surface area contributed by atoms with Gasteiger partial charge in [-0.3, -0.25) is 9.67 Å². The fraction of sp³-hybridized carbons (Fsp3) is 0.400. The maximum Gasteiger partial charge on any atom is 0.416 e. The van der Waals surface area contributed by atoms with Crippen molar-refractivity contribution in [3.63, 3.8) is 0 Å². The van der Waals surface area contributed by atoms with Crippen molar-refractivity contribution in [3.8, 4) is 11.8 Å². The highest BCUT2D eigenvalue weighted by Crippen LogP contribution is 2.29. The molecule has 0 fully saturated rings. The fourth-order valence-corrected chi connectivity index (χ4v) is 2.60. The molecule has 2 rings (SSSR count). The lowest BCUT2D eigenvalue weighted by atomic mass is 10.1. The van der Waals surface area contributed by atoms with Gasteiger partial charge in [-0.05, 0) is 44.5 Å². The van der Waals surface area contributed by atoms with Crippen LogP contribution in [0.15, 0.2) is 35.3 Å². The normalized spacial score (nSPS) is 11.3. The van der Waals surface area contributed by atoms with E-state index < -0.39 is 11.7 Å². The first kappa shape index (κ1) is 24.8. The molecular formula is C20H25F3IN5. The Morgan fingerprint density at radius 1 is 1.21 bits per heavy atom. The van der Waals surface area contributed by atoms with Crippen molar-refractivity contribution in [3.05, 3.63) is 52.8 Å². The Balaban J connectivity index is 0.00000420. The maximum atomic E-state index is 12.7. The molecule has 0 spiro atoms. The predicted molar refractivity (Wildman–Crippen MR) is 119 cm³/mol. The SMILES string of the molecule is CN=C(NCC#Cc1cccc(C(F)(F)F)c1)NCCCn1nc(C)cc1C.I. The lowest BCUT2D eigenvalue weighted by Gasteiger charge is -2.10. The van der Waals surface area contributed by atoms with Crippen LogP contribution in [0.1, 0.15) is 28.9 Å². The number of rotatable bonds is 5. The van der Waals surface area contributed by atoms with Crippen LogP contribution < -0.4 is 10.6 Å². The van der Waals surface area contributed by atoms with E-state index in [0.717, 1.165) is 36.5 Å². The van der Waals surface area contributed by atoms with Crippen molar-refractivity contribution in [1.82, 2.24) is 20.4 Å². The second-order valence-electron chi connectivity index (χ2n) is 6.24. The van der Waals surface area contributed by atoms with Gasteiger partial charge >= 0.3 is 6.18 Å². The number of aliphatic imine (C=N–C) groups is 1. The van der Waals surface area contributed by atoms with E-state index in [0.29, 0.717) is 18.1 Å². The zero-order chi connectivity index (χ0) is 20.6. The van der Waals surface area contributed by atoms with E-state index in [1.807, 2.05) is 24.6 Å². The highest BCUT2D eigenvalue weighted by Gasteiger charge is 2.30. The average Bonchev–Trinajstić information content (AvgIpc) is 2.97. The van der Waals surface area contributed by atoms with Gasteiger partial charge in [0.15, 0.2) is 5.96 Å². The molecule has 0 aliphatic heterocycles. The van der Waals surface area contributed by atoms with E-state index in [-0.39, 0.29) is 30.5 Å². The summed E-state index contributed by atoms with van der Waals surface area (Å²) in [4.78, 5) is 4.10. The number of hydrogen-bond acceptors (Lipinski definition) is 2. The molecule has 2 aromatic rings. The van der Waals surface area contributed by atoms with Gasteiger partial charge in [0.05, 0.1) is 17.8 Å². The quantitative estimate of drug-likeness (QED) is 0.208. The molecular weight excluding hydrogens is 494 g/mol. The molecule has 0 saturated heterocycles. The zero-order valence-corrected chi connectivity index (χ0v) is 18.9. The molecule has 0 unspecified atom stereocenters. The number of aryl methyl sites for hydroxylation is 3. The van der Waals surface area contributed by atoms with Crippen molar-refractivity contribution in [2.45, 2.75) is 33.0 Å². The minimum absolute atomic E-state index is 0. The van der Waals surface area contributed by atoms with Crippen LogP contribution in [0.2, 0.25) is 0 Å². The zero-order valence-electron chi connectivity index (χ0n) is 16.6. The highest BCUT2D eigenvalue weighted by molar-refractivity contribution is 14.0. The number of alkyl halides is 3. The number of guanidine groups is 1. The molecule has 9 heteroatoms. The fourth-order valence-electron chi connectivity index (χ4n) is 2.60. The molecule has 0 atom stereocenters.